The Hall–Kier alpha value is -5.28. The van der Waals surface area contributed by atoms with E-state index in [-0.39, 0.29) is 0 Å². The van der Waals surface area contributed by atoms with Crippen LogP contribution in [0.4, 0.5) is 0 Å². The van der Waals surface area contributed by atoms with E-state index in [2.05, 4.69) is 158 Å². The molecule has 0 atom stereocenters. The van der Waals surface area contributed by atoms with Gasteiger partial charge in [0.2, 0.25) is 0 Å². The van der Waals surface area contributed by atoms with Crippen LogP contribution in [0.25, 0.3) is 95.3 Å². The summed E-state index contributed by atoms with van der Waals surface area (Å²) < 4.78 is 5.36. The fourth-order valence-corrected chi connectivity index (χ4v) is 9.37. The lowest BCUT2D eigenvalue weighted by molar-refractivity contribution is 1.66. The summed E-state index contributed by atoms with van der Waals surface area (Å²) in [6, 6.07) is 58.5. The van der Waals surface area contributed by atoms with E-state index in [4.69, 9.17) is 0 Å². The van der Waals surface area contributed by atoms with Gasteiger partial charge in [-0.05, 0) is 103 Å². The van der Waals surface area contributed by atoms with Crippen molar-refractivity contribution in [3.05, 3.63) is 158 Å². The van der Waals surface area contributed by atoms with E-state index in [1.54, 1.807) is 0 Å². The number of thiophene rings is 2. The highest BCUT2D eigenvalue weighted by Gasteiger charge is 2.12. The molecule has 0 saturated heterocycles. The van der Waals surface area contributed by atoms with E-state index < -0.39 is 0 Å². The van der Waals surface area contributed by atoms with Crippen LogP contribution in [0.2, 0.25) is 0 Å². The zero-order valence-corrected chi connectivity index (χ0v) is 26.5. The van der Waals surface area contributed by atoms with E-state index in [1.165, 1.54) is 95.3 Å². The Labute approximate surface area is 274 Å². The van der Waals surface area contributed by atoms with Crippen LogP contribution in [-0.2, 0) is 0 Å². The molecule has 0 aliphatic rings. The maximum absolute atomic E-state index is 2.39. The summed E-state index contributed by atoms with van der Waals surface area (Å²) in [6.45, 7) is 0. The first-order valence-electron chi connectivity index (χ1n) is 15.6. The van der Waals surface area contributed by atoms with Gasteiger partial charge in [0, 0.05) is 40.3 Å². The van der Waals surface area contributed by atoms with Crippen LogP contribution in [-0.4, -0.2) is 0 Å². The van der Waals surface area contributed by atoms with Gasteiger partial charge in [0.15, 0.2) is 0 Å². The highest BCUT2D eigenvalue weighted by Crippen LogP contribution is 2.41. The molecule has 0 spiro atoms. The molecule has 8 aromatic carbocycles. The number of benzene rings is 8. The quantitative estimate of drug-likeness (QED) is 0.185. The molecule has 0 bridgehead atoms. The molecule has 46 heavy (non-hydrogen) atoms. The second-order valence-corrected chi connectivity index (χ2v) is 14.3. The molecular formula is C44H26S2. The Morgan fingerprint density at radius 2 is 0.630 bits per heavy atom. The van der Waals surface area contributed by atoms with Crippen molar-refractivity contribution in [1.29, 1.82) is 0 Å². The average Bonchev–Trinajstić information content (AvgIpc) is 3.65. The molecule has 2 aromatic heterocycles. The van der Waals surface area contributed by atoms with Crippen molar-refractivity contribution < 1.29 is 0 Å². The highest BCUT2D eigenvalue weighted by atomic mass is 32.1. The van der Waals surface area contributed by atoms with E-state index >= 15 is 0 Å². The minimum Gasteiger partial charge on any atom is -0.135 e. The Morgan fingerprint density at radius 1 is 0.239 bits per heavy atom. The van der Waals surface area contributed by atoms with Crippen LogP contribution in [0.15, 0.2) is 158 Å². The van der Waals surface area contributed by atoms with Crippen molar-refractivity contribution in [2.75, 3.05) is 0 Å². The van der Waals surface area contributed by atoms with E-state index in [0.717, 1.165) is 0 Å². The first kappa shape index (κ1) is 26.0. The molecule has 0 nitrogen and oxygen atoms in total. The van der Waals surface area contributed by atoms with Gasteiger partial charge in [0.25, 0.3) is 0 Å². The van der Waals surface area contributed by atoms with Crippen molar-refractivity contribution >= 4 is 84.6 Å². The summed E-state index contributed by atoms with van der Waals surface area (Å²) in [5.74, 6) is 0. The fourth-order valence-electron chi connectivity index (χ4n) is 7.02. The number of hydrogen-bond acceptors (Lipinski definition) is 2. The van der Waals surface area contributed by atoms with Gasteiger partial charge in [-0.1, -0.05) is 109 Å². The van der Waals surface area contributed by atoms with Crippen LogP contribution in [0.5, 0.6) is 0 Å². The number of hydrogen-bond donors (Lipinski definition) is 0. The second-order valence-electron chi connectivity index (χ2n) is 12.2. The smallest absolute Gasteiger partial charge is 0.0361 e. The molecule has 0 aliphatic carbocycles. The average molecular weight is 619 g/mol. The SMILES string of the molecule is c1ccc(-c2ccc3c(c2)sc2cc4ccc(-c5ccc6cc7sc8cc(-c9ccccc9)ccc8c7cc6c5)cc4cc23)cc1. The summed E-state index contributed by atoms with van der Waals surface area (Å²) in [4.78, 5) is 0. The van der Waals surface area contributed by atoms with Gasteiger partial charge in [-0.25, -0.2) is 0 Å². The third kappa shape index (κ3) is 4.19. The lowest BCUT2D eigenvalue weighted by Crippen LogP contribution is -1.81. The zero-order chi connectivity index (χ0) is 30.2. The summed E-state index contributed by atoms with van der Waals surface area (Å²) in [5.41, 5.74) is 7.57. The number of rotatable bonds is 3. The minimum atomic E-state index is 1.25. The summed E-state index contributed by atoms with van der Waals surface area (Å²) >= 11 is 3.78. The third-order valence-electron chi connectivity index (χ3n) is 9.41. The predicted octanol–water partition coefficient (Wildman–Crippen LogP) is 13.7. The largest absolute Gasteiger partial charge is 0.135 e. The molecule has 214 valence electrons. The minimum absolute atomic E-state index is 1.25. The predicted molar refractivity (Wildman–Crippen MR) is 204 cm³/mol. The fraction of sp³-hybridized carbons (Fsp3) is 0. The maximum atomic E-state index is 2.39. The van der Waals surface area contributed by atoms with Gasteiger partial charge in [0.1, 0.15) is 0 Å². The Morgan fingerprint density at radius 3 is 1.09 bits per heavy atom. The van der Waals surface area contributed by atoms with Crippen molar-refractivity contribution in [2.24, 2.45) is 0 Å². The monoisotopic (exact) mass is 618 g/mol. The van der Waals surface area contributed by atoms with E-state index in [1.807, 2.05) is 22.7 Å². The zero-order valence-electron chi connectivity index (χ0n) is 24.8. The van der Waals surface area contributed by atoms with Crippen LogP contribution < -0.4 is 0 Å². The van der Waals surface area contributed by atoms with Crippen LogP contribution in [0, 0.1) is 0 Å². The molecule has 10 rings (SSSR count). The summed E-state index contributed by atoms with van der Waals surface area (Å²) in [5, 5.41) is 10.5. The van der Waals surface area contributed by atoms with Crippen molar-refractivity contribution in [2.45, 2.75) is 0 Å². The normalized spacial score (nSPS) is 11.9. The maximum Gasteiger partial charge on any atom is 0.0361 e. The topological polar surface area (TPSA) is 0 Å². The summed E-state index contributed by atoms with van der Waals surface area (Å²) in [7, 11) is 0. The lowest BCUT2D eigenvalue weighted by Gasteiger charge is -2.07. The van der Waals surface area contributed by atoms with Gasteiger partial charge in [0.05, 0.1) is 0 Å². The first-order valence-corrected chi connectivity index (χ1v) is 17.3. The Balaban J connectivity index is 1.05. The van der Waals surface area contributed by atoms with Gasteiger partial charge in [-0.2, -0.15) is 0 Å². The van der Waals surface area contributed by atoms with Crippen LogP contribution >= 0.6 is 22.7 Å². The lowest BCUT2D eigenvalue weighted by atomic mass is 9.97. The molecule has 0 radical (unpaired) electrons. The van der Waals surface area contributed by atoms with Crippen molar-refractivity contribution in [3.63, 3.8) is 0 Å². The van der Waals surface area contributed by atoms with Crippen LogP contribution in [0.3, 0.4) is 0 Å². The molecule has 2 heteroatoms. The van der Waals surface area contributed by atoms with Crippen molar-refractivity contribution in [1.82, 2.24) is 0 Å². The van der Waals surface area contributed by atoms with Crippen molar-refractivity contribution in [3.8, 4) is 33.4 Å². The van der Waals surface area contributed by atoms with Gasteiger partial charge in [-0.3, -0.25) is 0 Å². The Kier molecular flexibility index (Phi) is 5.72. The van der Waals surface area contributed by atoms with Gasteiger partial charge < -0.3 is 0 Å². The standard InChI is InChI=1S/C44H26S2/c1-3-7-27(8-4-1)31-15-17-37-39-21-35-19-29(11-13-33(35)25-43(39)45-41(37)23-31)30-12-14-34-26-44-40(22-36(34)20-30)38-18-16-32(24-42(38)46-44)28-9-5-2-6-10-28/h1-26H. The molecular weight excluding hydrogens is 593 g/mol. The van der Waals surface area contributed by atoms with E-state index in [0.29, 0.717) is 0 Å². The molecule has 0 N–H and O–H groups in total. The Bertz CT molecular complexity index is 2590. The molecule has 0 saturated carbocycles. The molecule has 10 aromatic rings. The van der Waals surface area contributed by atoms with Gasteiger partial charge in [-0.15, -0.1) is 22.7 Å². The van der Waals surface area contributed by atoms with Gasteiger partial charge >= 0.3 is 0 Å². The molecule has 0 amide bonds. The molecule has 0 unspecified atom stereocenters. The van der Waals surface area contributed by atoms with Crippen LogP contribution in [0.1, 0.15) is 0 Å². The summed E-state index contributed by atoms with van der Waals surface area (Å²) in [6.07, 6.45) is 0. The molecule has 2 heterocycles. The first-order chi connectivity index (χ1) is 22.7. The molecule has 0 aliphatic heterocycles. The third-order valence-corrected chi connectivity index (χ3v) is 11.6. The number of fused-ring (bicyclic) bond motifs is 8. The second kappa shape index (κ2) is 10.1. The van der Waals surface area contributed by atoms with E-state index in [9.17, 15) is 0 Å². The highest BCUT2D eigenvalue weighted by molar-refractivity contribution is 7.26. The molecule has 0 fully saturated rings.